The summed E-state index contributed by atoms with van der Waals surface area (Å²) >= 11 is 0. The number of carbonyl (C=O) groups excluding carboxylic acids is 1. The van der Waals surface area contributed by atoms with Crippen LogP contribution in [0.15, 0.2) is 48.5 Å². The third-order valence-corrected chi connectivity index (χ3v) is 2.95. The van der Waals surface area contributed by atoms with Crippen LogP contribution in [0.3, 0.4) is 0 Å². The lowest BCUT2D eigenvalue weighted by atomic mass is 10.1. The average molecular weight is 270 g/mol. The number of nitrogens with one attached hydrogen (secondary N) is 1. The summed E-state index contributed by atoms with van der Waals surface area (Å²) in [6.07, 6.45) is 0. The highest BCUT2D eigenvalue weighted by atomic mass is 16.5. The standard InChI is InChI=1S/C16H18N2O2/c1-18-10-14-6-2-3-8-15(14)20-11-12-5-4-7-13(9-12)16(17)19/h2-9,18H,10-11H2,1H3,(H2,17,19). The molecule has 0 unspecified atom stereocenters. The maximum Gasteiger partial charge on any atom is 0.248 e. The van der Waals surface area contributed by atoms with Crippen LogP contribution in [0.1, 0.15) is 21.5 Å². The zero-order valence-corrected chi connectivity index (χ0v) is 11.4. The summed E-state index contributed by atoms with van der Waals surface area (Å²) in [5.74, 6) is 0.411. The molecule has 2 aromatic rings. The molecule has 0 spiro atoms. The van der Waals surface area contributed by atoms with Gasteiger partial charge in [0.2, 0.25) is 5.91 Å². The average Bonchev–Trinajstić information content (AvgIpc) is 2.47. The molecule has 3 N–H and O–H groups in total. The summed E-state index contributed by atoms with van der Waals surface area (Å²) in [7, 11) is 1.90. The van der Waals surface area contributed by atoms with Crippen molar-refractivity contribution in [2.45, 2.75) is 13.2 Å². The predicted octanol–water partition coefficient (Wildman–Crippen LogP) is 2.08. The summed E-state index contributed by atoms with van der Waals surface area (Å²) in [4.78, 5) is 11.1. The Morgan fingerprint density at radius 2 is 2.00 bits per heavy atom. The Morgan fingerprint density at radius 3 is 2.75 bits per heavy atom. The van der Waals surface area contributed by atoms with Crippen LogP contribution >= 0.6 is 0 Å². The van der Waals surface area contributed by atoms with Crippen LogP contribution in [0, 0.1) is 0 Å². The number of carbonyl (C=O) groups is 1. The van der Waals surface area contributed by atoms with Crippen molar-refractivity contribution in [3.8, 4) is 5.75 Å². The molecule has 104 valence electrons. The van der Waals surface area contributed by atoms with Crippen LogP contribution < -0.4 is 15.8 Å². The smallest absolute Gasteiger partial charge is 0.248 e. The maximum absolute atomic E-state index is 11.1. The number of hydrogen-bond acceptors (Lipinski definition) is 3. The quantitative estimate of drug-likeness (QED) is 0.844. The zero-order valence-electron chi connectivity index (χ0n) is 11.4. The summed E-state index contributed by atoms with van der Waals surface area (Å²) < 4.78 is 5.82. The largest absolute Gasteiger partial charge is 0.489 e. The van der Waals surface area contributed by atoms with Crippen LogP contribution in [0.5, 0.6) is 5.75 Å². The minimum Gasteiger partial charge on any atom is -0.489 e. The summed E-state index contributed by atoms with van der Waals surface area (Å²) in [5.41, 5.74) is 7.78. The van der Waals surface area contributed by atoms with E-state index in [9.17, 15) is 4.79 Å². The normalized spacial score (nSPS) is 10.2. The maximum atomic E-state index is 11.1. The first-order valence-corrected chi connectivity index (χ1v) is 6.44. The van der Waals surface area contributed by atoms with E-state index in [0.29, 0.717) is 12.2 Å². The van der Waals surface area contributed by atoms with Crippen molar-refractivity contribution in [1.29, 1.82) is 0 Å². The molecule has 2 aromatic carbocycles. The number of amides is 1. The van der Waals surface area contributed by atoms with Crippen molar-refractivity contribution >= 4 is 5.91 Å². The van der Waals surface area contributed by atoms with Gasteiger partial charge in [-0.25, -0.2) is 0 Å². The molecule has 1 amide bonds. The second kappa shape index (κ2) is 6.73. The van der Waals surface area contributed by atoms with Crippen molar-refractivity contribution in [3.63, 3.8) is 0 Å². The van der Waals surface area contributed by atoms with Crippen LogP contribution in [-0.2, 0) is 13.2 Å². The molecule has 0 bridgehead atoms. The molecule has 0 heterocycles. The van der Waals surface area contributed by atoms with Gasteiger partial charge in [0, 0.05) is 17.7 Å². The van der Waals surface area contributed by atoms with Gasteiger partial charge in [0.25, 0.3) is 0 Å². The Morgan fingerprint density at radius 1 is 1.20 bits per heavy atom. The summed E-state index contributed by atoms with van der Waals surface area (Å²) in [6.45, 7) is 1.15. The van der Waals surface area contributed by atoms with Gasteiger partial charge in [0.15, 0.2) is 0 Å². The van der Waals surface area contributed by atoms with Crippen molar-refractivity contribution in [2.75, 3.05) is 7.05 Å². The Bertz CT molecular complexity index is 597. The molecule has 0 aliphatic carbocycles. The van der Waals surface area contributed by atoms with Gasteiger partial charge in [0.05, 0.1) is 0 Å². The number of para-hydroxylation sites is 1. The van der Waals surface area contributed by atoms with Crippen LogP contribution in [0.4, 0.5) is 0 Å². The highest BCUT2D eigenvalue weighted by molar-refractivity contribution is 5.92. The molecule has 0 aliphatic rings. The number of rotatable bonds is 6. The monoisotopic (exact) mass is 270 g/mol. The fourth-order valence-electron chi connectivity index (χ4n) is 1.96. The zero-order chi connectivity index (χ0) is 14.4. The molecule has 0 saturated carbocycles. The Hall–Kier alpha value is -2.33. The van der Waals surface area contributed by atoms with E-state index < -0.39 is 5.91 Å². The topological polar surface area (TPSA) is 64.3 Å². The van der Waals surface area contributed by atoms with E-state index >= 15 is 0 Å². The number of benzene rings is 2. The minimum atomic E-state index is -0.428. The highest BCUT2D eigenvalue weighted by Gasteiger charge is 2.04. The highest BCUT2D eigenvalue weighted by Crippen LogP contribution is 2.19. The van der Waals surface area contributed by atoms with Crippen LogP contribution in [0.25, 0.3) is 0 Å². The fraction of sp³-hybridized carbons (Fsp3) is 0.188. The molecular weight excluding hydrogens is 252 g/mol. The van der Waals surface area contributed by atoms with Crippen molar-refractivity contribution < 1.29 is 9.53 Å². The minimum absolute atomic E-state index is 0.405. The number of nitrogens with two attached hydrogens (primary N) is 1. The predicted molar refractivity (Wildman–Crippen MR) is 78.5 cm³/mol. The van der Waals surface area contributed by atoms with Gasteiger partial charge in [-0.15, -0.1) is 0 Å². The molecule has 0 radical (unpaired) electrons. The van der Waals surface area contributed by atoms with Crippen LogP contribution in [-0.4, -0.2) is 13.0 Å². The van der Waals surface area contributed by atoms with E-state index in [4.69, 9.17) is 10.5 Å². The lowest BCUT2D eigenvalue weighted by Gasteiger charge is -2.11. The first-order chi connectivity index (χ1) is 9.70. The van der Waals surface area contributed by atoms with Gasteiger partial charge in [-0.2, -0.15) is 0 Å². The van der Waals surface area contributed by atoms with Gasteiger partial charge in [0.1, 0.15) is 12.4 Å². The van der Waals surface area contributed by atoms with Crippen molar-refractivity contribution in [2.24, 2.45) is 5.73 Å². The van der Waals surface area contributed by atoms with Gasteiger partial charge in [-0.3, -0.25) is 4.79 Å². The lowest BCUT2D eigenvalue weighted by molar-refractivity contribution is 0.1000. The van der Waals surface area contributed by atoms with Crippen molar-refractivity contribution in [1.82, 2.24) is 5.32 Å². The van der Waals surface area contributed by atoms with Gasteiger partial charge >= 0.3 is 0 Å². The molecule has 4 nitrogen and oxygen atoms in total. The SMILES string of the molecule is CNCc1ccccc1OCc1cccc(C(N)=O)c1. The first-order valence-electron chi connectivity index (χ1n) is 6.44. The molecule has 0 aromatic heterocycles. The number of ether oxygens (including phenoxy) is 1. The molecule has 0 fully saturated rings. The van der Waals surface area contributed by atoms with E-state index in [0.717, 1.165) is 23.4 Å². The van der Waals surface area contributed by atoms with Gasteiger partial charge < -0.3 is 15.8 Å². The van der Waals surface area contributed by atoms with E-state index in [2.05, 4.69) is 5.32 Å². The second-order valence-corrected chi connectivity index (χ2v) is 4.49. The van der Waals surface area contributed by atoms with E-state index in [1.54, 1.807) is 18.2 Å². The van der Waals surface area contributed by atoms with Gasteiger partial charge in [-0.1, -0.05) is 30.3 Å². The van der Waals surface area contributed by atoms with E-state index in [1.165, 1.54) is 0 Å². The summed E-state index contributed by atoms with van der Waals surface area (Å²) in [5, 5.41) is 3.11. The van der Waals surface area contributed by atoms with E-state index in [1.807, 2.05) is 37.4 Å². The number of hydrogen-bond donors (Lipinski definition) is 2. The fourth-order valence-corrected chi connectivity index (χ4v) is 1.96. The first kappa shape index (κ1) is 14.1. The molecule has 0 aliphatic heterocycles. The molecule has 20 heavy (non-hydrogen) atoms. The Labute approximate surface area is 118 Å². The third kappa shape index (κ3) is 3.59. The van der Waals surface area contributed by atoms with E-state index in [-0.39, 0.29) is 0 Å². The molecule has 0 atom stereocenters. The van der Waals surface area contributed by atoms with Crippen molar-refractivity contribution in [3.05, 3.63) is 65.2 Å². The van der Waals surface area contributed by atoms with Crippen LogP contribution in [0.2, 0.25) is 0 Å². The lowest BCUT2D eigenvalue weighted by Crippen LogP contribution is -2.11. The third-order valence-electron chi connectivity index (χ3n) is 2.95. The second-order valence-electron chi connectivity index (χ2n) is 4.49. The molecular formula is C16H18N2O2. The molecule has 0 saturated heterocycles. The molecule has 4 heteroatoms. The van der Waals surface area contributed by atoms with Gasteiger partial charge in [-0.05, 0) is 30.8 Å². The number of primary amides is 1. The summed E-state index contributed by atoms with van der Waals surface area (Å²) in [6, 6.07) is 15.0. The Kier molecular flexibility index (Phi) is 4.74. The Balaban J connectivity index is 2.09. The molecule has 2 rings (SSSR count).